The number of piperidine rings is 1. The van der Waals surface area contributed by atoms with Crippen molar-refractivity contribution in [1.82, 2.24) is 4.90 Å². The number of likely N-dealkylation sites (tertiary alicyclic amines) is 1. The first-order valence-corrected chi connectivity index (χ1v) is 7.88. The number of ether oxygens (including phenoxy) is 1. The summed E-state index contributed by atoms with van der Waals surface area (Å²) < 4.78 is 5.42. The number of aliphatic hydroxyl groups excluding tert-OH is 1. The van der Waals surface area contributed by atoms with Gasteiger partial charge in [-0.3, -0.25) is 0 Å². The lowest BCUT2D eigenvalue weighted by molar-refractivity contribution is 0.193. The van der Waals surface area contributed by atoms with Crippen molar-refractivity contribution in [2.24, 2.45) is 0 Å². The average Bonchev–Trinajstić information content (AvgIpc) is 2.53. The zero-order valence-corrected chi connectivity index (χ0v) is 13.7. The van der Waals surface area contributed by atoms with E-state index < -0.39 is 6.10 Å². The van der Waals surface area contributed by atoms with Crippen molar-refractivity contribution < 1.29 is 9.84 Å². The molecule has 0 spiro atoms. The molecule has 1 aromatic carbocycles. The molecule has 0 bridgehead atoms. The van der Waals surface area contributed by atoms with Crippen molar-refractivity contribution in [2.75, 3.05) is 38.7 Å². The van der Waals surface area contributed by atoms with E-state index in [9.17, 15) is 5.11 Å². The Labute approximate surface area is 128 Å². The van der Waals surface area contributed by atoms with Gasteiger partial charge < -0.3 is 19.6 Å². The zero-order valence-electron chi connectivity index (χ0n) is 13.7. The number of hydrogen-bond acceptors (Lipinski definition) is 4. The molecule has 1 unspecified atom stereocenters. The lowest BCUT2D eigenvalue weighted by atomic mass is 10.00. The van der Waals surface area contributed by atoms with Crippen LogP contribution in [-0.2, 0) is 0 Å². The fraction of sp³-hybridized carbons (Fsp3) is 0.647. The molecule has 1 N–H and O–H groups in total. The van der Waals surface area contributed by atoms with Crippen molar-refractivity contribution >= 4 is 5.69 Å². The fourth-order valence-corrected chi connectivity index (χ4v) is 3.26. The molecule has 4 nitrogen and oxygen atoms in total. The van der Waals surface area contributed by atoms with Crippen LogP contribution < -0.4 is 9.64 Å². The van der Waals surface area contributed by atoms with Gasteiger partial charge in [-0.15, -0.1) is 0 Å². The van der Waals surface area contributed by atoms with Crippen LogP contribution in [0, 0.1) is 0 Å². The summed E-state index contributed by atoms with van der Waals surface area (Å²) in [7, 11) is 3.79. The monoisotopic (exact) mass is 292 g/mol. The normalized spacial score (nSPS) is 18.5. The maximum absolute atomic E-state index is 10.1. The molecule has 1 atom stereocenters. The molecule has 2 rings (SSSR count). The zero-order chi connectivity index (χ0) is 15.4. The van der Waals surface area contributed by atoms with Crippen LogP contribution in [0.5, 0.6) is 5.75 Å². The predicted molar refractivity (Wildman–Crippen MR) is 87.2 cm³/mol. The van der Waals surface area contributed by atoms with Crippen molar-refractivity contribution in [3.8, 4) is 5.75 Å². The number of rotatable bonds is 5. The second-order valence-electron chi connectivity index (χ2n) is 5.85. The molecule has 1 fully saturated rings. The molecule has 0 aliphatic carbocycles. The van der Waals surface area contributed by atoms with Gasteiger partial charge in [-0.25, -0.2) is 0 Å². The van der Waals surface area contributed by atoms with Crippen molar-refractivity contribution in [2.45, 2.75) is 38.8 Å². The summed E-state index contributed by atoms with van der Waals surface area (Å²) in [5, 5.41) is 10.1. The first-order valence-electron chi connectivity index (χ1n) is 7.88. The summed E-state index contributed by atoms with van der Waals surface area (Å²) in [4.78, 5) is 4.81. The minimum Gasteiger partial charge on any atom is -0.496 e. The standard InChI is InChI=1S/C17H28N2O2/c1-5-19-11-9-14(10-12-19)18(3)15-7-6-8-16(21-4)17(15)13(2)20/h6-8,13-14,20H,5,9-12H2,1-4H3. The Morgan fingerprint density at radius 3 is 2.57 bits per heavy atom. The third-order valence-corrected chi connectivity index (χ3v) is 4.61. The molecule has 1 heterocycles. The van der Waals surface area contributed by atoms with Gasteiger partial charge in [0.15, 0.2) is 0 Å². The SMILES string of the molecule is CCN1CCC(N(C)c2cccc(OC)c2C(C)O)CC1. The summed E-state index contributed by atoms with van der Waals surface area (Å²) >= 11 is 0. The molecule has 1 aliphatic heterocycles. The van der Waals surface area contributed by atoms with Crippen molar-refractivity contribution in [3.63, 3.8) is 0 Å². The van der Waals surface area contributed by atoms with Crippen LogP contribution in [0.15, 0.2) is 18.2 Å². The Kier molecular flexibility index (Phi) is 5.48. The molecule has 0 radical (unpaired) electrons. The van der Waals surface area contributed by atoms with Gasteiger partial charge >= 0.3 is 0 Å². The molecule has 1 saturated heterocycles. The summed E-state index contributed by atoms with van der Waals surface area (Å²) in [5.41, 5.74) is 1.97. The maximum Gasteiger partial charge on any atom is 0.126 e. The highest BCUT2D eigenvalue weighted by molar-refractivity contribution is 5.60. The highest BCUT2D eigenvalue weighted by Gasteiger charge is 2.25. The van der Waals surface area contributed by atoms with E-state index >= 15 is 0 Å². The highest BCUT2D eigenvalue weighted by atomic mass is 16.5. The number of methoxy groups -OCH3 is 1. The van der Waals surface area contributed by atoms with E-state index in [1.807, 2.05) is 12.1 Å². The van der Waals surface area contributed by atoms with Gasteiger partial charge in [-0.1, -0.05) is 13.0 Å². The topological polar surface area (TPSA) is 35.9 Å². The molecule has 21 heavy (non-hydrogen) atoms. The molecule has 118 valence electrons. The van der Waals surface area contributed by atoms with E-state index in [4.69, 9.17) is 4.74 Å². The number of hydrogen-bond donors (Lipinski definition) is 1. The maximum atomic E-state index is 10.1. The van der Waals surface area contributed by atoms with Crippen molar-refractivity contribution in [3.05, 3.63) is 23.8 Å². The minimum atomic E-state index is -0.533. The van der Waals surface area contributed by atoms with Gasteiger partial charge in [0, 0.05) is 37.4 Å². The predicted octanol–water partition coefficient (Wildman–Crippen LogP) is 2.67. The van der Waals surface area contributed by atoms with Gasteiger partial charge in [-0.05, 0) is 38.4 Å². The quantitative estimate of drug-likeness (QED) is 0.905. The van der Waals surface area contributed by atoms with Crippen LogP contribution >= 0.6 is 0 Å². The Morgan fingerprint density at radius 2 is 2.05 bits per heavy atom. The molecule has 0 aromatic heterocycles. The van der Waals surface area contributed by atoms with Gasteiger partial charge in [0.2, 0.25) is 0 Å². The van der Waals surface area contributed by atoms with E-state index in [-0.39, 0.29) is 0 Å². The lowest BCUT2D eigenvalue weighted by Gasteiger charge is -2.38. The molecule has 0 saturated carbocycles. The van der Waals surface area contributed by atoms with Crippen LogP contribution in [0.3, 0.4) is 0 Å². The van der Waals surface area contributed by atoms with Crippen LogP contribution in [0.1, 0.15) is 38.4 Å². The smallest absolute Gasteiger partial charge is 0.126 e. The minimum absolute atomic E-state index is 0.525. The molecule has 0 amide bonds. The Hall–Kier alpha value is -1.26. The summed E-state index contributed by atoms with van der Waals surface area (Å²) in [5.74, 6) is 0.764. The van der Waals surface area contributed by atoms with Crippen LogP contribution in [0.4, 0.5) is 5.69 Å². The van der Waals surface area contributed by atoms with E-state index in [0.29, 0.717) is 6.04 Å². The fourth-order valence-electron chi connectivity index (χ4n) is 3.26. The summed E-state index contributed by atoms with van der Waals surface area (Å²) in [6, 6.07) is 6.52. The van der Waals surface area contributed by atoms with Crippen LogP contribution in [0.2, 0.25) is 0 Å². The molecule has 4 heteroatoms. The van der Waals surface area contributed by atoms with Gasteiger partial charge in [0.25, 0.3) is 0 Å². The average molecular weight is 292 g/mol. The molecule has 1 aromatic rings. The second-order valence-corrected chi connectivity index (χ2v) is 5.85. The van der Waals surface area contributed by atoms with Crippen LogP contribution in [-0.4, -0.2) is 49.8 Å². The molecular weight excluding hydrogens is 264 g/mol. The first-order chi connectivity index (χ1) is 10.1. The molecule has 1 aliphatic rings. The number of benzene rings is 1. The van der Waals surface area contributed by atoms with E-state index in [1.54, 1.807) is 14.0 Å². The van der Waals surface area contributed by atoms with Crippen LogP contribution in [0.25, 0.3) is 0 Å². The number of aliphatic hydroxyl groups is 1. The largest absolute Gasteiger partial charge is 0.496 e. The summed E-state index contributed by atoms with van der Waals surface area (Å²) in [6.45, 7) is 7.46. The second kappa shape index (κ2) is 7.14. The van der Waals surface area contributed by atoms with Gasteiger partial charge in [-0.2, -0.15) is 0 Å². The lowest BCUT2D eigenvalue weighted by Crippen LogP contribution is -2.43. The van der Waals surface area contributed by atoms with E-state index in [0.717, 1.165) is 36.6 Å². The van der Waals surface area contributed by atoms with E-state index in [1.165, 1.54) is 12.8 Å². The third kappa shape index (κ3) is 3.50. The first kappa shape index (κ1) is 16.1. The van der Waals surface area contributed by atoms with Crippen molar-refractivity contribution in [1.29, 1.82) is 0 Å². The van der Waals surface area contributed by atoms with Gasteiger partial charge in [0.05, 0.1) is 13.2 Å². The van der Waals surface area contributed by atoms with E-state index in [2.05, 4.69) is 29.8 Å². The highest BCUT2D eigenvalue weighted by Crippen LogP contribution is 2.36. The Morgan fingerprint density at radius 1 is 1.38 bits per heavy atom. The summed E-state index contributed by atoms with van der Waals surface area (Å²) in [6.07, 6.45) is 1.80. The third-order valence-electron chi connectivity index (χ3n) is 4.61. The molecular formula is C17H28N2O2. The number of nitrogens with zero attached hydrogens (tertiary/aromatic N) is 2. The van der Waals surface area contributed by atoms with Gasteiger partial charge in [0.1, 0.15) is 5.75 Å². The Bertz CT molecular complexity index is 454. The Balaban J connectivity index is 2.21. The number of anilines is 1.